The first-order chi connectivity index (χ1) is 29.5. The Morgan fingerprint density at radius 3 is 1.05 bits per heavy atom. The lowest BCUT2D eigenvalue weighted by Crippen LogP contribution is -2.37. The number of phosphoric acid groups is 1. The second-order valence-electron chi connectivity index (χ2n) is 19.3. The van der Waals surface area contributed by atoms with Crippen LogP contribution in [0, 0.1) is 0 Å². The van der Waals surface area contributed by atoms with Crippen molar-refractivity contribution in [3.8, 4) is 0 Å². The Morgan fingerprint density at radius 1 is 0.443 bits per heavy atom. The van der Waals surface area contributed by atoms with Crippen LogP contribution in [0.5, 0.6) is 0 Å². The smallest absolute Gasteiger partial charge is 0.462 e. The van der Waals surface area contributed by atoms with E-state index in [0.29, 0.717) is 17.4 Å². The molecule has 2 atom stereocenters. The Hall–Kier alpha value is -0.990. The van der Waals surface area contributed by atoms with Crippen LogP contribution in [0.2, 0.25) is 0 Å². The number of likely N-dealkylation sites (N-methyl/N-ethyl adjacent to an activating group) is 1. The molecule has 0 aromatic carbocycles. The van der Waals surface area contributed by atoms with E-state index in [0.717, 1.165) is 38.5 Å². The molecule has 0 aliphatic heterocycles. The average molecular weight is 889 g/mol. The summed E-state index contributed by atoms with van der Waals surface area (Å²) in [7, 11) is 1.50. The fourth-order valence-electron chi connectivity index (χ4n) is 7.78. The van der Waals surface area contributed by atoms with Crippen LogP contribution >= 0.6 is 7.82 Å². The predicted molar refractivity (Wildman–Crippen MR) is 257 cm³/mol. The minimum absolute atomic E-state index is 0.0372. The maximum absolute atomic E-state index is 12.8. The van der Waals surface area contributed by atoms with Gasteiger partial charge in [0.2, 0.25) is 0 Å². The summed E-state index contributed by atoms with van der Waals surface area (Å²) in [5.74, 6) is -0.778. The molecule has 364 valence electrons. The summed E-state index contributed by atoms with van der Waals surface area (Å²) < 4.78 is 34.5. The Kier molecular flexibility index (Phi) is 43.5. The fourth-order valence-corrected chi connectivity index (χ4v) is 8.52. The first-order valence-electron chi connectivity index (χ1n) is 26.3. The number of quaternary nitrogens is 1. The molecule has 0 amide bonds. The molecule has 0 fully saturated rings. The quantitative estimate of drug-likeness (QED) is 0.0278. The van der Waals surface area contributed by atoms with Crippen molar-refractivity contribution in [1.29, 1.82) is 0 Å². The molecule has 61 heavy (non-hydrogen) atoms. The van der Waals surface area contributed by atoms with Gasteiger partial charge in [0.05, 0.1) is 27.7 Å². The van der Waals surface area contributed by atoms with Crippen LogP contribution in [-0.2, 0) is 32.7 Å². The zero-order valence-corrected chi connectivity index (χ0v) is 42.1. The van der Waals surface area contributed by atoms with Gasteiger partial charge in [-0.25, -0.2) is 4.57 Å². The molecule has 0 spiro atoms. The summed E-state index contributed by atoms with van der Waals surface area (Å²) in [5, 5.41) is 0. The normalized spacial score (nSPS) is 13.3. The standard InChI is InChI=1S/C51H102NO8P/c1-6-8-10-12-14-16-18-20-22-23-24-25-26-27-28-29-30-32-34-36-38-40-42-44-51(54)60-49(48-59-61(55,56)58-46-45-52(3,4)5)47-57-50(53)43-41-39-37-35-33-31-21-19-17-15-13-11-9-7-2/h49H,6-48H2,1-5H3/p+1/t49-/m1/s1. The molecule has 0 radical (unpaired) electrons. The zero-order chi connectivity index (χ0) is 45.0. The summed E-state index contributed by atoms with van der Waals surface area (Å²) in [4.78, 5) is 35.5. The van der Waals surface area contributed by atoms with Gasteiger partial charge in [-0.1, -0.05) is 239 Å². The summed E-state index contributed by atoms with van der Waals surface area (Å²) >= 11 is 0. The van der Waals surface area contributed by atoms with Gasteiger partial charge >= 0.3 is 19.8 Å². The first-order valence-corrected chi connectivity index (χ1v) is 27.8. The molecule has 0 aliphatic rings. The van der Waals surface area contributed by atoms with Crippen LogP contribution in [0.15, 0.2) is 0 Å². The molecule has 9 nitrogen and oxygen atoms in total. The van der Waals surface area contributed by atoms with Crippen molar-refractivity contribution in [3.63, 3.8) is 0 Å². The highest BCUT2D eigenvalue weighted by Gasteiger charge is 2.27. The zero-order valence-electron chi connectivity index (χ0n) is 41.2. The van der Waals surface area contributed by atoms with E-state index in [1.54, 1.807) is 0 Å². The Labute approximate surface area is 378 Å². The van der Waals surface area contributed by atoms with E-state index in [-0.39, 0.29) is 25.6 Å². The maximum Gasteiger partial charge on any atom is 0.472 e. The van der Waals surface area contributed by atoms with E-state index < -0.39 is 26.5 Å². The van der Waals surface area contributed by atoms with E-state index in [4.69, 9.17) is 18.5 Å². The van der Waals surface area contributed by atoms with Crippen LogP contribution in [0.3, 0.4) is 0 Å². The van der Waals surface area contributed by atoms with E-state index in [9.17, 15) is 19.0 Å². The van der Waals surface area contributed by atoms with Gasteiger partial charge in [-0.2, -0.15) is 0 Å². The Morgan fingerprint density at radius 2 is 0.738 bits per heavy atom. The van der Waals surface area contributed by atoms with Crippen LogP contribution in [0.25, 0.3) is 0 Å². The van der Waals surface area contributed by atoms with E-state index in [2.05, 4.69) is 13.8 Å². The number of ether oxygens (including phenoxy) is 2. The molecule has 1 unspecified atom stereocenters. The lowest BCUT2D eigenvalue weighted by atomic mass is 10.0. The number of unbranched alkanes of at least 4 members (excludes halogenated alkanes) is 35. The van der Waals surface area contributed by atoms with E-state index in [1.165, 1.54) is 199 Å². The molecule has 0 bridgehead atoms. The molecule has 1 N–H and O–H groups in total. The van der Waals surface area contributed by atoms with Crippen LogP contribution < -0.4 is 0 Å². The molecule has 0 aliphatic carbocycles. The number of carbonyl (C=O) groups is 2. The summed E-state index contributed by atoms with van der Waals surface area (Å²) in [6, 6.07) is 0. The second kappa shape index (κ2) is 44.2. The molecule has 0 heterocycles. The van der Waals surface area contributed by atoms with E-state index >= 15 is 0 Å². The first kappa shape index (κ1) is 60.0. The number of esters is 2. The number of nitrogens with zero attached hydrogens (tertiary/aromatic N) is 1. The Balaban J connectivity index is 4.14. The van der Waals surface area contributed by atoms with Gasteiger partial charge in [-0.15, -0.1) is 0 Å². The van der Waals surface area contributed by atoms with Gasteiger partial charge in [0.15, 0.2) is 6.10 Å². The summed E-state index contributed by atoms with van der Waals surface area (Å²) in [5.41, 5.74) is 0. The van der Waals surface area contributed by atoms with Crippen LogP contribution in [-0.4, -0.2) is 74.9 Å². The third-order valence-electron chi connectivity index (χ3n) is 11.9. The van der Waals surface area contributed by atoms with Gasteiger partial charge in [0.1, 0.15) is 19.8 Å². The van der Waals surface area contributed by atoms with Crippen molar-refractivity contribution in [2.75, 3.05) is 47.5 Å². The average Bonchev–Trinajstić information content (AvgIpc) is 3.21. The van der Waals surface area contributed by atoms with Gasteiger partial charge in [-0.05, 0) is 12.8 Å². The minimum Gasteiger partial charge on any atom is -0.462 e. The third-order valence-corrected chi connectivity index (χ3v) is 12.9. The van der Waals surface area contributed by atoms with Crippen molar-refractivity contribution in [3.05, 3.63) is 0 Å². The lowest BCUT2D eigenvalue weighted by Gasteiger charge is -2.24. The molecular formula is C51H103NO8P+. The van der Waals surface area contributed by atoms with Crippen molar-refractivity contribution < 1.29 is 42.1 Å². The van der Waals surface area contributed by atoms with Gasteiger partial charge < -0.3 is 18.9 Å². The monoisotopic (exact) mass is 889 g/mol. The maximum atomic E-state index is 12.8. The van der Waals surface area contributed by atoms with Gasteiger partial charge in [0.25, 0.3) is 0 Å². The minimum atomic E-state index is -4.37. The van der Waals surface area contributed by atoms with E-state index in [1.807, 2.05) is 21.1 Å². The molecule has 10 heteroatoms. The highest BCUT2D eigenvalue weighted by atomic mass is 31.2. The topological polar surface area (TPSA) is 108 Å². The lowest BCUT2D eigenvalue weighted by molar-refractivity contribution is -0.870. The van der Waals surface area contributed by atoms with Crippen molar-refractivity contribution >= 4 is 19.8 Å². The van der Waals surface area contributed by atoms with Crippen LogP contribution in [0.4, 0.5) is 0 Å². The number of carbonyl (C=O) groups excluding carboxylic acids is 2. The number of hydrogen-bond acceptors (Lipinski definition) is 7. The molecule has 0 aromatic heterocycles. The SMILES string of the molecule is CCCCCCCCCCCCCCCCCCCCCCCCCC(=O)O[C@H](COC(=O)CCCCCCCCCCCCCCCC)COP(=O)(O)OCC[N+](C)(C)C. The number of rotatable bonds is 49. The molecular weight excluding hydrogens is 786 g/mol. The predicted octanol–water partition coefficient (Wildman–Crippen LogP) is 15.5. The second-order valence-corrected chi connectivity index (χ2v) is 20.7. The van der Waals surface area contributed by atoms with Crippen molar-refractivity contribution in [2.24, 2.45) is 0 Å². The number of phosphoric ester groups is 1. The fraction of sp³-hybridized carbons (Fsp3) is 0.961. The van der Waals surface area contributed by atoms with Gasteiger partial charge in [-0.3, -0.25) is 18.6 Å². The molecule has 0 saturated heterocycles. The summed E-state index contributed by atoms with van der Waals surface area (Å²) in [6.45, 7) is 4.49. The largest absolute Gasteiger partial charge is 0.472 e. The molecule has 0 aromatic rings. The highest BCUT2D eigenvalue weighted by Crippen LogP contribution is 2.43. The molecule has 0 rings (SSSR count). The third kappa shape index (κ3) is 48.3. The van der Waals surface area contributed by atoms with Crippen molar-refractivity contribution in [1.82, 2.24) is 0 Å². The Bertz CT molecular complexity index is 1010. The van der Waals surface area contributed by atoms with Crippen molar-refractivity contribution in [2.45, 2.75) is 270 Å². The van der Waals surface area contributed by atoms with Crippen LogP contribution in [0.1, 0.15) is 264 Å². The van der Waals surface area contributed by atoms with Gasteiger partial charge in [0, 0.05) is 12.8 Å². The summed E-state index contributed by atoms with van der Waals surface area (Å²) in [6.07, 6.45) is 47.3. The highest BCUT2D eigenvalue weighted by molar-refractivity contribution is 7.47. The number of hydrogen-bond donors (Lipinski definition) is 1. The molecule has 0 saturated carbocycles.